The lowest BCUT2D eigenvalue weighted by Gasteiger charge is -2.32. The predicted octanol–water partition coefficient (Wildman–Crippen LogP) is 6.84. The van der Waals surface area contributed by atoms with Crippen LogP contribution in [0.1, 0.15) is 25.0 Å². The molecule has 0 bridgehead atoms. The first-order valence-corrected chi connectivity index (χ1v) is 16.1. The third kappa shape index (κ3) is 8.11. The second kappa shape index (κ2) is 14.6. The largest absolute Gasteiger partial charge is 0.457 e. The fourth-order valence-electron chi connectivity index (χ4n) is 4.41. The van der Waals surface area contributed by atoms with E-state index in [1.54, 1.807) is 80.6 Å². The molecule has 2 amide bonds. The van der Waals surface area contributed by atoms with E-state index >= 15 is 0 Å². The molecule has 11 heteroatoms. The van der Waals surface area contributed by atoms with Crippen molar-refractivity contribution in [3.8, 4) is 11.5 Å². The molecule has 0 radical (unpaired) electrons. The van der Waals surface area contributed by atoms with E-state index in [4.69, 9.17) is 27.9 Å². The van der Waals surface area contributed by atoms with Crippen molar-refractivity contribution in [2.24, 2.45) is 0 Å². The summed E-state index contributed by atoms with van der Waals surface area (Å²) in [5.74, 6) is 0.147. The number of ether oxygens (including phenoxy) is 1. The normalized spacial score (nSPS) is 11.8. The molecule has 44 heavy (non-hydrogen) atoms. The van der Waals surface area contributed by atoms with Crippen molar-refractivity contribution in [1.82, 2.24) is 10.2 Å². The molecule has 4 rings (SSSR count). The summed E-state index contributed by atoms with van der Waals surface area (Å²) in [6.45, 7) is 5.01. The van der Waals surface area contributed by atoms with Crippen LogP contribution in [0.3, 0.4) is 0 Å². The van der Waals surface area contributed by atoms with Crippen LogP contribution in [-0.4, -0.2) is 44.3 Å². The summed E-state index contributed by atoms with van der Waals surface area (Å²) in [6, 6.07) is 26.0. The van der Waals surface area contributed by atoms with Crippen LogP contribution in [-0.2, 0) is 26.2 Å². The lowest BCUT2D eigenvalue weighted by atomic mass is 10.1. The number of sulfonamides is 1. The Balaban J connectivity index is 1.71. The van der Waals surface area contributed by atoms with Gasteiger partial charge in [-0.25, -0.2) is 8.42 Å². The monoisotopic (exact) mass is 653 g/mol. The zero-order chi connectivity index (χ0) is 31.9. The number of rotatable bonds is 12. The second-order valence-corrected chi connectivity index (χ2v) is 12.8. The van der Waals surface area contributed by atoms with Crippen molar-refractivity contribution < 1.29 is 22.7 Å². The van der Waals surface area contributed by atoms with E-state index in [-0.39, 0.29) is 23.0 Å². The maximum Gasteiger partial charge on any atom is 0.264 e. The highest BCUT2D eigenvalue weighted by atomic mass is 35.5. The number of benzene rings is 4. The van der Waals surface area contributed by atoms with Crippen LogP contribution in [0, 0.1) is 6.92 Å². The molecule has 0 saturated heterocycles. The van der Waals surface area contributed by atoms with Gasteiger partial charge in [-0.05, 0) is 87.0 Å². The summed E-state index contributed by atoms with van der Waals surface area (Å²) >= 11 is 12.3. The number of anilines is 1. The number of carbonyl (C=O) groups is 2. The molecule has 0 aliphatic heterocycles. The van der Waals surface area contributed by atoms with Crippen LogP contribution in [0.25, 0.3) is 0 Å². The first-order chi connectivity index (χ1) is 21.0. The Labute approximate surface area is 268 Å². The van der Waals surface area contributed by atoms with Gasteiger partial charge in [0.05, 0.1) is 20.6 Å². The molecular weight excluding hydrogens is 621 g/mol. The molecule has 1 atom stereocenters. The van der Waals surface area contributed by atoms with Crippen LogP contribution < -0.4 is 14.4 Å². The number of nitrogens with zero attached hydrogens (tertiary/aromatic N) is 2. The van der Waals surface area contributed by atoms with E-state index in [2.05, 4.69) is 5.32 Å². The van der Waals surface area contributed by atoms with E-state index in [1.807, 2.05) is 25.1 Å². The van der Waals surface area contributed by atoms with Gasteiger partial charge >= 0.3 is 0 Å². The Hall–Kier alpha value is -4.05. The molecule has 0 saturated carbocycles. The molecule has 230 valence electrons. The second-order valence-electron chi connectivity index (χ2n) is 10.1. The van der Waals surface area contributed by atoms with Crippen molar-refractivity contribution >= 4 is 50.7 Å². The van der Waals surface area contributed by atoms with Gasteiger partial charge in [-0.2, -0.15) is 0 Å². The number of likely N-dealkylation sites (N-methyl/N-ethyl adjacent to an activating group) is 1. The van der Waals surface area contributed by atoms with Crippen LogP contribution in [0.2, 0.25) is 10.0 Å². The quantitative estimate of drug-likeness (QED) is 0.181. The molecule has 0 heterocycles. The summed E-state index contributed by atoms with van der Waals surface area (Å²) in [6.07, 6.45) is 0. The smallest absolute Gasteiger partial charge is 0.264 e. The van der Waals surface area contributed by atoms with Gasteiger partial charge in [-0.3, -0.25) is 13.9 Å². The zero-order valence-corrected chi connectivity index (χ0v) is 26.9. The Morgan fingerprint density at radius 3 is 2.11 bits per heavy atom. The molecule has 0 spiro atoms. The zero-order valence-electron chi connectivity index (χ0n) is 24.5. The minimum absolute atomic E-state index is 0.00367. The molecule has 0 aromatic heterocycles. The van der Waals surface area contributed by atoms with Gasteiger partial charge < -0.3 is 15.0 Å². The van der Waals surface area contributed by atoms with Gasteiger partial charge in [0.1, 0.15) is 24.1 Å². The van der Waals surface area contributed by atoms with Crippen LogP contribution in [0.15, 0.2) is 102 Å². The first-order valence-electron chi connectivity index (χ1n) is 13.9. The number of hydrogen-bond acceptors (Lipinski definition) is 5. The molecule has 1 N–H and O–H groups in total. The fraction of sp³-hybridized carbons (Fsp3) is 0.212. The van der Waals surface area contributed by atoms with Gasteiger partial charge in [0, 0.05) is 13.1 Å². The van der Waals surface area contributed by atoms with Gasteiger partial charge in [-0.15, -0.1) is 0 Å². The number of amides is 2. The first kappa shape index (κ1) is 32.9. The van der Waals surface area contributed by atoms with E-state index in [9.17, 15) is 18.0 Å². The summed E-state index contributed by atoms with van der Waals surface area (Å²) in [5, 5.41) is 3.38. The standard InChI is InChI=1S/C33H33Cl2N3O5S/c1-4-36-33(40)24(3)37(21-25-12-19-30(34)31(35)20-25)32(39)22-38(44(41,42)29-17-10-23(2)11-18-29)26-13-15-28(16-14-26)43-27-8-6-5-7-9-27/h5-20,24H,4,21-22H2,1-3H3,(H,36,40). The number of halogens is 2. The number of hydrogen-bond donors (Lipinski definition) is 1. The minimum Gasteiger partial charge on any atom is -0.457 e. The highest BCUT2D eigenvalue weighted by molar-refractivity contribution is 7.92. The summed E-state index contributed by atoms with van der Waals surface area (Å²) in [4.78, 5) is 28.3. The molecule has 0 aliphatic rings. The molecule has 0 fully saturated rings. The van der Waals surface area contributed by atoms with Crippen molar-refractivity contribution in [1.29, 1.82) is 0 Å². The lowest BCUT2D eigenvalue weighted by Crippen LogP contribution is -2.51. The van der Waals surface area contributed by atoms with Gasteiger partial charge in [0.15, 0.2) is 0 Å². The van der Waals surface area contributed by atoms with Crippen molar-refractivity contribution in [2.45, 2.75) is 38.3 Å². The number of nitrogens with one attached hydrogen (secondary N) is 1. The Morgan fingerprint density at radius 2 is 1.50 bits per heavy atom. The van der Waals surface area contributed by atoms with E-state index in [1.165, 1.54) is 17.0 Å². The number of para-hydroxylation sites is 1. The Bertz CT molecular complexity index is 1700. The number of carbonyl (C=O) groups excluding carboxylic acids is 2. The van der Waals surface area contributed by atoms with Crippen molar-refractivity contribution in [3.63, 3.8) is 0 Å². The van der Waals surface area contributed by atoms with E-state index in [0.717, 1.165) is 9.87 Å². The number of aryl methyl sites for hydroxylation is 1. The third-order valence-electron chi connectivity index (χ3n) is 6.85. The van der Waals surface area contributed by atoms with E-state index in [0.29, 0.717) is 33.7 Å². The predicted molar refractivity (Wildman–Crippen MR) is 174 cm³/mol. The van der Waals surface area contributed by atoms with Gasteiger partial charge in [-0.1, -0.05) is 65.2 Å². The van der Waals surface area contributed by atoms with Gasteiger partial charge in [0.25, 0.3) is 10.0 Å². The lowest BCUT2D eigenvalue weighted by molar-refractivity contribution is -0.139. The Morgan fingerprint density at radius 1 is 0.864 bits per heavy atom. The summed E-state index contributed by atoms with van der Waals surface area (Å²) in [5.41, 5.74) is 1.76. The Kier molecular flexibility index (Phi) is 10.9. The van der Waals surface area contributed by atoms with E-state index < -0.39 is 28.5 Å². The maximum absolute atomic E-state index is 14.0. The van der Waals surface area contributed by atoms with Crippen LogP contribution >= 0.6 is 23.2 Å². The molecule has 4 aromatic carbocycles. The molecule has 4 aromatic rings. The van der Waals surface area contributed by atoms with Gasteiger partial charge in [0.2, 0.25) is 11.8 Å². The third-order valence-corrected chi connectivity index (χ3v) is 9.37. The van der Waals surface area contributed by atoms with Crippen LogP contribution in [0.4, 0.5) is 5.69 Å². The molecule has 1 unspecified atom stereocenters. The summed E-state index contributed by atoms with van der Waals surface area (Å²) in [7, 11) is -4.21. The van der Waals surface area contributed by atoms with Crippen molar-refractivity contribution in [3.05, 3.63) is 118 Å². The van der Waals surface area contributed by atoms with Crippen LogP contribution in [0.5, 0.6) is 11.5 Å². The fourth-order valence-corrected chi connectivity index (χ4v) is 6.15. The highest BCUT2D eigenvalue weighted by Crippen LogP contribution is 2.29. The maximum atomic E-state index is 14.0. The molecule has 8 nitrogen and oxygen atoms in total. The average molecular weight is 655 g/mol. The topological polar surface area (TPSA) is 96.0 Å². The SMILES string of the molecule is CCNC(=O)C(C)N(Cc1ccc(Cl)c(Cl)c1)C(=O)CN(c1ccc(Oc2ccccc2)cc1)S(=O)(=O)c1ccc(C)cc1. The summed E-state index contributed by atoms with van der Waals surface area (Å²) < 4.78 is 35.0. The average Bonchev–Trinajstić information content (AvgIpc) is 3.01. The molecule has 0 aliphatic carbocycles. The highest BCUT2D eigenvalue weighted by Gasteiger charge is 2.32. The van der Waals surface area contributed by atoms with Crippen molar-refractivity contribution in [2.75, 3.05) is 17.4 Å². The minimum atomic E-state index is -4.21. The molecular formula is C33H33Cl2N3O5S.